The zero-order chi connectivity index (χ0) is 15.7. The molecule has 0 radical (unpaired) electrons. The highest BCUT2D eigenvalue weighted by Crippen LogP contribution is 2.43. The third kappa shape index (κ3) is 3.03. The molecule has 0 aromatic carbocycles. The predicted octanol–water partition coefficient (Wildman–Crippen LogP) is 2.00. The molecule has 5 heteroatoms. The zero-order valence-corrected chi connectivity index (χ0v) is 13.0. The maximum absolute atomic E-state index is 12.5. The number of allylic oxidation sites excluding steroid dienone is 2. The minimum Gasteiger partial charge on any atom is -0.336 e. The number of hydrogen-bond donors (Lipinski definition) is 1. The van der Waals surface area contributed by atoms with Gasteiger partial charge in [0.2, 0.25) is 11.8 Å². The van der Waals surface area contributed by atoms with Crippen LogP contribution in [0.25, 0.3) is 0 Å². The van der Waals surface area contributed by atoms with Crippen molar-refractivity contribution in [1.82, 2.24) is 9.88 Å². The maximum atomic E-state index is 12.5. The molecule has 3 rings (SSSR count). The Balaban J connectivity index is 1.53. The Morgan fingerprint density at radius 1 is 1.32 bits per heavy atom. The number of anilines is 1. The Morgan fingerprint density at radius 2 is 2.14 bits per heavy atom. The Hall–Kier alpha value is -2.17. The molecule has 5 nitrogen and oxygen atoms in total. The van der Waals surface area contributed by atoms with E-state index in [4.69, 9.17) is 0 Å². The summed E-state index contributed by atoms with van der Waals surface area (Å²) in [6.45, 7) is 2.00. The minimum atomic E-state index is -0.217. The first-order valence-electron chi connectivity index (χ1n) is 7.69. The Kier molecular flexibility index (Phi) is 3.96. The monoisotopic (exact) mass is 299 g/mol. The second-order valence-electron chi connectivity index (χ2n) is 6.35. The van der Waals surface area contributed by atoms with Crippen LogP contribution in [0.3, 0.4) is 0 Å². The van der Waals surface area contributed by atoms with E-state index < -0.39 is 0 Å². The molecular formula is C17H21N3O2. The molecule has 3 unspecified atom stereocenters. The summed E-state index contributed by atoms with van der Waals surface area (Å²) in [6, 6.07) is 3.65. The van der Waals surface area contributed by atoms with Crippen molar-refractivity contribution in [3.05, 3.63) is 36.0 Å². The summed E-state index contributed by atoms with van der Waals surface area (Å²) in [5, 5.41) is 2.72. The van der Waals surface area contributed by atoms with Crippen molar-refractivity contribution >= 4 is 17.6 Å². The molecule has 2 aliphatic rings. The SMILES string of the molecule is Cc1ccc(NC(=O)CN(C)C(=O)C2CC3C=CC2C3)nc1. The van der Waals surface area contributed by atoms with Crippen LogP contribution in [-0.2, 0) is 9.59 Å². The van der Waals surface area contributed by atoms with Crippen molar-refractivity contribution in [1.29, 1.82) is 0 Å². The second-order valence-corrected chi connectivity index (χ2v) is 6.35. The van der Waals surface area contributed by atoms with Gasteiger partial charge < -0.3 is 10.2 Å². The van der Waals surface area contributed by atoms with Gasteiger partial charge in [-0.1, -0.05) is 18.2 Å². The van der Waals surface area contributed by atoms with Gasteiger partial charge >= 0.3 is 0 Å². The lowest BCUT2D eigenvalue weighted by molar-refractivity contribution is -0.137. The highest BCUT2D eigenvalue weighted by atomic mass is 16.2. The average molecular weight is 299 g/mol. The summed E-state index contributed by atoms with van der Waals surface area (Å²) in [5.74, 6) is 1.33. The van der Waals surface area contributed by atoms with E-state index in [2.05, 4.69) is 22.5 Å². The van der Waals surface area contributed by atoms with Gasteiger partial charge in [0, 0.05) is 19.2 Å². The van der Waals surface area contributed by atoms with Gasteiger partial charge in [0.15, 0.2) is 0 Å². The summed E-state index contributed by atoms with van der Waals surface area (Å²) >= 11 is 0. The van der Waals surface area contributed by atoms with E-state index in [0.717, 1.165) is 18.4 Å². The van der Waals surface area contributed by atoms with Crippen LogP contribution in [0.15, 0.2) is 30.5 Å². The van der Waals surface area contributed by atoms with Gasteiger partial charge in [0.05, 0.1) is 6.54 Å². The normalized spacial score (nSPS) is 25.3. The lowest BCUT2D eigenvalue weighted by Crippen LogP contribution is -2.39. The van der Waals surface area contributed by atoms with Crippen LogP contribution in [0.4, 0.5) is 5.82 Å². The van der Waals surface area contributed by atoms with E-state index in [1.807, 2.05) is 13.0 Å². The van der Waals surface area contributed by atoms with E-state index in [9.17, 15) is 9.59 Å². The average Bonchev–Trinajstić information content (AvgIpc) is 3.11. The summed E-state index contributed by atoms with van der Waals surface area (Å²) in [7, 11) is 1.69. The first-order valence-corrected chi connectivity index (χ1v) is 7.69. The van der Waals surface area contributed by atoms with Crippen molar-refractivity contribution in [2.45, 2.75) is 19.8 Å². The highest BCUT2D eigenvalue weighted by Gasteiger charge is 2.41. The third-order valence-corrected chi connectivity index (χ3v) is 4.53. The first kappa shape index (κ1) is 14.8. The molecule has 2 aliphatic carbocycles. The molecule has 3 atom stereocenters. The van der Waals surface area contributed by atoms with Crippen molar-refractivity contribution in [2.75, 3.05) is 18.9 Å². The van der Waals surface area contributed by atoms with E-state index >= 15 is 0 Å². The number of amides is 2. The van der Waals surface area contributed by atoms with Gasteiger partial charge in [-0.05, 0) is 43.2 Å². The van der Waals surface area contributed by atoms with Crippen molar-refractivity contribution in [3.63, 3.8) is 0 Å². The van der Waals surface area contributed by atoms with E-state index in [-0.39, 0.29) is 24.3 Å². The molecule has 1 N–H and O–H groups in total. The molecule has 2 amide bonds. The lowest BCUT2D eigenvalue weighted by atomic mass is 9.92. The van der Waals surface area contributed by atoms with Gasteiger partial charge in [-0.3, -0.25) is 9.59 Å². The Bertz CT molecular complexity index is 609. The number of likely N-dealkylation sites (N-methyl/N-ethyl adjacent to an activating group) is 1. The van der Waals surface area contributed by atoms with Crippen LogP contribution in [0.1, 0.15) is 18.4 Å². The molecular weight excluding hydrogens is 278 g/mol. The molecule has 22 heavy (non-hydrogen) atoms. The first-order chi connectivity index (χ1) is 10.5. The molecule has 116 valence electrons. The Labute approximate surface area is 130 Å². The molecule has 2 bridgehead atoms. The number of nitrogens with zero attached hydrogens (tertiary/aromatic N) is 2. The fraction of sp³-hybridized carbons (Fsp3) is 0.471. The molecule has 1 aromatic rings. The van der Waals surface area contributed by atoms with Crippen LogP contribution in [0.2, 0.25) is 0 Å². The molecule has 1 heterocycles. The van der Waals surface area contributed by atoms with Crippen LogP contribution in [-0.4, -0.2) is 35.3 Å². The molecule has 0 aliphatic heterocycles. The number of carbonyl (C=O) groups excluding carboxylic acids is 2. The number of aromatic nitrogens is 1. The molecule has 0 spiro atoms. The quantitative estimate of drug-likeness (QED) is 0.865. The number of fused-ring (bicyclic) bond motifs is 2. The molecule has 1 fully saturated rings. The van der Waals surface area contributed by atoms with Crippen molar-refractivity contribution < 1.29 is 9.59 Å². The fourth-order valence-electron chi connectivity index (χ4n) is 3.37. The maximum Gasteiger partial charge on any atom is 0.245 e. The van der Waals surface area contributed by atoms with Gasteiger partial charge in [0.25, 0.3) is 0 Å². The van der Waals surface area contributed by atoms with Gasteiger partial charge in [0.1, 0.15) is 5.82 Å². The summed E-state index contributed by atoms with van der Waals surface area (Å²) in [6.07, 6.45) is 8.08. The van der Waals surface area contributed by atoms with Gasteiger partial charge in [-0.25, -0.2) is 4.98 Å². The van der Waals surface area contributed by atoms with Gasteiger partial charge in [-0.15, -0.1) is 0 Å². The van der Waals surface area contributed by atoms with Gasteiger partial charge in [-0.2, -0.15) is 0 Å². The summed E-state index contributed by atoms with van der Waals surface area (Å²) in [5.41, 5.74) is 1.04. The largest absolute Gasteiger partial charge is 0.336 e. The number of rotatable bonds is 4. The Morgan fingerprint density at radius 3 is 2.73 bits per heavy atom. The summed E-state index contributed by atoms with van der Waals surface area (Å²) < 4.78 is 0. The van der Waals surface area contributed by atoms with Crippen LogP contribution in [0.5, 0.6) is 0 Å². The number of aryl methyl sites for hydroxylation is 1. The van der Waals surface area contributed by atoms with Crippen LogP contribution >= 0.6 is 0 Å². The van der Waals surface area contributed by atoms with Crippen molar-refractivity contribution in [3.8, 4) is 0 Å². The fourth-order valence-corrected chi connectivity index (χ4v) is 3.37. The number of nitrogens with one attached hydrogen (secondary N) is 1. The number of carbonyl (C=O) groups is 2. The van der Waals surface area contributed by atoms with E-state index in [1.54, 1.807) is 19.3 Å². The number of pyridine rings is 1. The minimum absolute atomic E-state index is 0.0466. The predicted molar refractivity (Wildman–Crippen MR) is 84.1 cm³/mol. The molecule has 0 saturated heterocycles. The topological polar surface area (TPSA) is 62.3 Å². The lowest BCUT2D eigenvalue weighted by Gasteiger charge is -2.24. The standard InChI is InChI=1S/C17H21N3O2/c1-11-3-6-15(18-9-11)19-16(21)10-20(2)17(22)14-8-12-4-5-13(14)7-12/h3-6,9,12-14H,7-8,10H2,1-2H3,(H,18,19,21). The molecule has 1 saturated carbocycles. The number of hydrogen-bond acceptors (Lipinski definition) is 3. The van der Waals surface area contributed by atoms with Crippen LogP contribution in [0, 0.1) is 24.7 Å². The third-order valence-electron chi connectivity index (χ3n) is 4.53. The smallest absolute Gasteiger partial charge is 0.245 e. The molecule has 1 aromatic heterocycles. The second kappa shape index (κ2) is 5.91. The van der Waals surface area contributed by atoms with E-state index in [0.29, 0.717) is 17.7 Å². The summed E-state index contributed by atoms with van der Waals surface area (Å²) in [4.78, 5) is 30.2. The van der Waals surface area contributed by atoms with E-state index in [1.165, 1.54) is 4.90 Å². The van der Waals surface area contributed by atoms with Crippen LogP contribution < -0.4 is 5.32 Å². The highest BCUT2D eigenvalue weighted by molar-refractivity contribution is 5.94. The zero-order valence-electron chi connectivity index (χ0n) is 13.0. The van der Waals surface area contributed by atoms with Crippen molar-refractivity contribution in [2.24, 2.45) is 17.8 Å².